The fourth-order valence-electron chi connectivity index (χ4n) is 3.65. The Morgan fingerprint density at radius 1 is 1.35 bits per heavy atom. The van der Waals surface area contributed by atoms with Crippen molar-refractivity contribution in [2.75, 3.05) is 45.1 Å². The standard InChI is InChI=1S/C17H26N2O3S/c1-2-23(20,21)18-12-17-13-19(10-16(17)11-22-14-17)9-8-15-6-4-3-5-7-15/h3-7,16,18H,2,8-14H2,1H3/t16-,17+/m1/s1. The van der Waals surface area contributed by atoms with Crippen molar-refractivity contribution in [3.63, 3.8) is 0 Å². The molecule has 0 bridgehead atoms. The second-order valence-corrected chi connectivity index (χ2v) is 8.87. The molecular weight excluding hydrogens is 312 g/mol. The molecule has 2 aliphatic rings. The first-order valence-corrected chi connectivity index (χ1v) is 10.00. The molecule has 0 saturated carbocycles. The molecule has 1 N–H and O–H groups in total. The summed E-state index contributed by atoms with van der Waals surface area (Å²) in [5.74, 6) is 0.560. The Balaban J connectivity index is 1.58. The Bertz CT molecular complexity index is 620. The molecule has 2 heterocycles. The summed E-state index contributed by atoms with van der Waals surface area (Å²) in [6, 6.07) is 10.5. The highest BCUT2D eigenvalue weighted by Crippen LogP contribution is 2.40. The molecule has 2 fully saturated rings. The first-order valence-electron chi connectivity index (χ1n) is 8.34. The van der Waals surface area contributed by atoms with Gasteiger partial charge in [-0.2, -0.15) is 0 Å². The van der Waals surface area contributed by atoms with E-state index in [0.29, 0.717) is 19.1 Å². The fourth-order valence-corrected chi connectivity index (χ4v) is 4.36. The lowest BCUT2D eigenvalue weighted by molar-refractivity contribution is 0.130. The third-order valence-electron chi connectivity index (χ3n) is 5.18. The molecule has 2 aliphatic heterocycles. The van der Waals surface area contributed by atoms with Gasteiger partial charge in [0.1, 0.15) is 0 Å². The smallest absolute Gasteiger partial charge is 0.211 e. The van der Waals surface area contributed by atoms with Crippen molar-refractivity contribution in [2.45, 2.75) is 13.3 Å². The van der Waals surface area contributed by atoms with Crippen LogP contribution in [-0.4, -0.2) is 58.5 Å². The third kappa shape index (κ3) is 3.94. The molecule has 0 amide bonds. The lowest BCUT2D eigenvalue weighted by atomic mass is 9.81. The third-order valence-corrected chi connectivity index (χ3v) is 6.52. The molecule has 1 aromatic carbocycles. The maximum Gasteiger partial charge on any atom is 0.211 e. The predicted octanol–water partition coefficient (Wildman–Crippen LogP) is 1.12. The summed E-state index contributed by atoms with van der Waals surface area (Å²) in [6.07, 6.45) is 1.03. The topological polar surface area (TPSA) is 58.6 Å². The van der Waals surface area contributed by atoms with E-state index in [-0.39, 0.29) is 11.2 Å². The molecule has 2 atom stereocenters. The first kappa shape index (κ1) is 16.9. The molecule has 128 valence electrons. The average molecular weight is 338 g/mol. The predicted molar refractivity (Wildman–Crippen MR) is 90.8 cm³/mol. The van der Waals surface area contributed by atoms with Gasteiger partial charge in [-0.05, 0) is 18.9 Å². The number of benzene rings is 1. The molecule has 0 spiro atoms. The normalized spacial score (nSPS) is 28.1. The summed E-state index contributed by atoms with van der Waals surface area (Å²) >= 11 is 0. The number of sulfonamides is 1. The van der Waals surface area contributed by atoms with Gasteiger partial charge in [0.05, 0.1) is 19.0 Å². The lowest BCUT2D eigenvalue weighted by Gasteiger charge is -2.27. The van der Waals surface area contributed by atoms with E-state index in [1.54, 1.807) is 6.92 Å². The van der Waals surface area contributed by atoms with Gasteiger partial charge in [-0.25, -0.2) is 13.1 Å². The molecule has 0 aliphatic carbocycles. The van der Waals surface area contributed by atoms with E-state index >= 15 is 0 Å². The van der Waals surface area contributed by atoms with Crippen LogP contribution in [0, 0.1) is 11.3 Å². The Hall–Kier alpha value is -0.950. The quantitative estimate of drug-likeness (QED) is 0.809. The monoisotopic (exact) mass is 338 g/mol. The minimum Gasteiger partial charge on any atom is -0.380 e. The van der Waals surface area contributed by atoms with Crippen LogP contribution in [0.2, 0.25) is 0 Å². The Morgan fingerprint density at radius 3 is 2.87 bits per heavy atom. The molecule has 23 heavy (non-hydrogen) atoms. The largest absolute Gasteiger partial charge is 0.380 e. The molecule has 5 nitrogen and oxygen atoms in total. The number of likely N-dealkylation sites (tertiary alicyclic amines) is 1. The van der Waals surface area contributed by atoms with Gasteiger partial charge >= 0.3 is 0 Å². The molecule has 3 rings (SSSR count). The molecule has 0 aromatic heterocycles. The van der Waals surface area contributed by atoms with Crippen LogP contribution in [0.3, 0.4) is 0 Å². The van der Waals surface area contributed by atoms with E-state index in [0.717, 1.165) is 32.7 Å². The molecule has 1 aromatic rings. The number of hydrogen-bond donors (Lipinski definition) is 1. The van der Waals surface area contributed by atoms with Crippen LogP contribution >= 0.6 is 0 Å². The van der Waals surface area contributed by atoms with Crippen molar-refractivity contribution < 1.29 is 13.2 Å². The summed E-state index contributed by atoms with van der Waals surface area (Å²) in [5, 5.41) is 0. The van der Waals surface area contributed by atoms with Gasteiger partial charge in [0.25, 0.3) is 0 Å². The molecular formula is C17H26N2O3S. The number of fused-ring (bicyclic) bond motifs is 1. The van der Waals surface area contributed by atoms with Gasteiger partial charge < -0.3 is 9.64 Å². The minimum atomic E-state index is -3.15. The number of nitrogens with zero attached hydrogens (tertiary/aromatic N) is 1. The van der Waals surface area contributed by atoms with Gasteiger partial charge in [0.15, 0.2) is 0 Å². The summed E-state index contributed by atoms with van der Waals surface area (Å²) in [4.78, 5) is 2.46. The van der Waals surface area contributed by atoms with Crippen molar-refractivity contribution in [3.05, 3.63) is 35.9 Å². The zero-order valence-electron chi connectivity index (χ0n) is 13.7. The van der Waals surface area contributed by atoms with E-state index in [1.165, 1.54) is 5.56 Å². The van der Waals surface area contributed by atoms with Crippen molar-refractivity contribution in [2.24, 2.45) is 11.3 Å². The Kier molecular flexibility index (Phi) is 5.06. The van der Waals surface area contributed by atoms with Crippen LogP contribution in [0.15, 0.2) is 30.3 Å². The summed E-state index contributed by atoms with van der Waals surface area (Å²) < 4.78 is 32.0. The Labute approximate surface area is 139 Å². The van der Waals surface area contributed by atoms with Crippen molar-refractivity contribution in [1.82, 2.24) is 9.62 Å². The van der Waals surface area contributed by atoms with E-state index in [4.69, 9.17) is 4.74 Å². The van der Waals surface area contributed by atoms with Gasteiger partial charge in [-0.15, -0.1) is 0 Å². The Morgan fingerprint density at radius 2 is 2.13 bits per heavy atom. The average Bonchev–Trinajstić information content (AvgIpc) is 3.09. The van der Waals surface area contributed by atoms with Crippen molar-refractivity contribution in [3.8, 4) is 0 Å². The number of rotatable bonds is 7. The second-order valence-electron chi connectivity index (χ2n) is 6.77. The molecule has 6 heteroatoms. The number of ether oxygens (including phenoxy) is 1. The highest BCUT2D eigenvalue weighted by Gasteiger charge is 2.50. The van der Waals surface area contributed by atoms with E-state index < -0.39 is 10.0 Å². The van der Waals surface area contributed by atoms with Gasteiger partial charge in [0, 0.05) is 37.5 Å². The van der Waals surface area contributed by atoms with E-state index in [9.17, 15) is 8.42 Å². The zero-order chi connectivity index (χ0) is 16.3. The van der Waals surface area contributed by atoms with Crippen LogP contribution in [0.4, 0.5) is 0 Å². The summed E-state index contributed by atoms with van der Waals surface area (Å²) in [7, 11) is -3.15. The van der Waals surface area contributed by atoms with E-state index in [2.05, 4.69) is 33.9 Å². The highest BCUT2D eigenvalue weighted by atomic mass is 32.2. The van der Waals surface area contributed by atoms with Crippen LogP contribution in [-0.2, 0) is 21.2 Å². The molecule has 2 saturated heterocycles. The van der Waals surface area contributed by atoms with E-state index in [1.807, 2.05) is 6.07 Å². The maximum absolute atomic E-state index is 11.8. The number of nitrogens with one attached hydrogen (secondary N) is 1. The SMILES string of the molecule is CCS(=O)(=O)NC[C@]12COC[C@H]1CN(CCc1ccccc1)C2. The van der Waals surface area contributed by atoms with Crippen molar-refractivity contribution >= 4 is 10.0 Å². The van der Waals surface area contributed by atoms with Crippen molar-refractivity contribution in [1.29, 1.82) is 0 Å². The highest BCUT2D eigenvalue weighted by molar-refractivity contribution is 7.89. The van der Waals surface area contributed by atoms with Gasteiger partial charge in [-0.3, -0.25) is 0 Å². The fraction of sp³-hybridized carbons (Fsp3) is 0.647. The van der Waals surface area contributed by atoms with Crippen LogP contribution in [0.5, 0.6) is 0 Å². The lowest BCUT2D eigenvalue weighted by Crippen LogP contribution is -2.43. The minimum absolute atomic E-state index is 0.0566. The summed E-state index contributed by atoms with van der Waals surface area (Å²) in [6.45, 7) is 6.50. The second kappa shape index (κ2) is 6.89. The van der Waals surface area contributed by atoms with Gasteiger partial charge in [0.2, 0.25) is 10.0 Å². The van der Waals surface area contributed by atoms with Crippen LogP contribution in [0.1, 0.15) is 12.5 Å². The molecule has 0 radical (unpaired) electrons. The van der Waals surface area contributed by atoms with Crippen LogP contribution in [0.25, 0.3) is 0 Å². The maximum atomic E-state index is 11.8. The summed E-state index contributed by atoms with van der Waals surface area (Å²) in [5.41, 5.74) is 1.29. The number of hydrogen-bond acceptors (Lipinski definition) is 4. The van der Waals surface area contributed by atoms with Crippen LogP contribution < -0.4 is 4.72 Å². The molecule has 0 unspecified atom stereocenters. The zero-order valence-corrected chi connectivity index (χ0v) is 14.5. The first-order chi connectivity index (χ1) is 11.0. The van der Waals surface area contributed by atoms with Gasteiger partial charge in [-0.1, -0.05) is 30.3 Å².